The number of fused-ring (bicyclic) bond motifs is 1. The van der Waals surface area contributed by atoms with E-state index in [9.17, 15) is 10.1 Å². The first kappa shape index (κ1) is 13.6. The highest BCUT2D eigenvalue weighted by Gasteiger charge is 2.22. The molecule has 0 amide bonds. The van der Waals surface area contributed by atoms with Crippen LogP contribution in [0.25, 0.3) is 11.0 Å². The van der Waals surface area contributed by atoms with Gasteiger partial charge >= 0.3 is 0 Å². The minimum Gasteiger partial charge on any atom is -0.341 e. The fourth-order valence-corrected chi connectivity index (χ4v) is 2.23. The van der Waals surface area contributed by atoms with Gasteiger partial charge in [-0.3, -0.25) is 10.1 Å². The van der Waals surface area contributed by atoms with Gasteiger partial charge in [0.15, 0.2) is 0 Å². The molecule has 2 aromatic rings. The van der Waals surface area contributed by atoms with Crippen LogP contribution in [0.5, 0.6) is 0 Å². The molecule has 0 spiro atoms. The van der Waals surface area contributed by atoms with Gasteiger partial charge in [-0.15, -0.1) is 12.4 Å². The molecule has 1 fully saturated rings. The summed E-state index contributed by atoms with van der Waals surface area (Å²) < 4.78 is 0. The van der Waals surface area contributed by atoms with Crippen LogP contribution in [-0.2, 0) is 0 Å². The molecule has 0 radical (unpaired) electrons. The van der Waals surface area contributed by atoms with E-state index in [-0.39, 0.29) is 24.1 Å². The predicted molar refractivity (Wildman–Crippen MR) is 74.8 cm³/mol. The monoisotopic (exact) mass is 283 g/mol. The quantitative estimate of drug-likeness (QED) is 0.641. The van der Waals surface area contributed by atoms with Gasteiger partial charge < -0.3 is 15.6 Å². The van der Waals surface area contributed by atoms with Crippen LogP contribution >= 0.6 is 12.4 Å². The molecule has 2 heterocycles. The van der Waals surface area contributed by atoms with Gasteiger partial charge in [0.25, 0.3) is 5.69 Å². The number of nitrogens with two attached hydrogens (primary N) is 1. The molecule has 102 valence electrons. The topological polar surface area (TPSA) is 101 Å². The fraction of sp³-hybridized carbons (Fsp3) is 0.364. The Hall–Kier alpha value is -1.86. The number of aromatic amines is 1. The molecule has 0 aliphatic carbocycles. The van der Waals surface area contributed by atoms with Gasteiger partial charge in [-0.1, -0.05) is 0 Å². The molecule has 8 heteroatoms. The maximum Gasteiger partial charge on any atom is 0.271 e. The molecule has 1 saturated heterocycles. The van der Waals surface area contributed by atoms with Crippen molar-refractivity contribution in [2.45, 2.75) is 12.5 Å². The van der Waals surface area contributed by atoms with Crippen molar-refractivity contribution >= 4 is 35.1 Å². The third-order valence-corrected chi connectivity index (χ3v) is 3.19. The number of halogens is 1. The Morgan fingerprint density at radius 2 is 2.32 bits per heavy atom. The normalized spacial score (nSPS) is 18.6. The third kappa shape index (κ3) is 2.47. The number of non-ortho nitro benzene ring substituents is 1. The van der Waals surface area contributed by atoms with Crippen molar-refractivity contribution in [2.24, 2.45) is 5.73 Å². The summed E-state index contributed by atoms with van der Waals surface area (Å²) in [6.45, 7) is 1.63. The standard InChI is InChI=1S/C11H13N5O2.ClH/c12-7-3-4-15(6-7)11-13-9-2-1-8(16(17)18)5-10(9)14-11;/h1-2,5,7H,3-4,6,12H2,(H,13,14);1H. The maximum absolute atomic E-state index is 10.7. The van der Waals surface area contributed by atoms with Crippen LogP contribution in [0, 0.1) is 10.1 Å². The second-order valence-electron chi connectivity index (χ2n) is 4.51. The van der Waals surface area contributed by atoms with Crippen molar-refractivity contribution in [3.05, 3.63) is 28.3 Å². The lowest BCUT2D eigenvalue weighted by atomic mass is 10.3. The van der Waals surface area contributed by atoms with Crippen molar-refractivity contribution in [1.82, 2.24) is 9.97 Å². The number of nitrogens with one attached hydrogen (secondary N) is 1. The molecule has 1 aromatic heterocycles. The average Bonchev–Trinajstić information content (AvgIpc) is 2.93. The maximum atomic E-state index is 10.7. The van der Waals surface area contributed by atoms with E-state index in [2.05, 4.69) is 14.9 Å². The lowest BCUT2D eigenvalue weighted by Crippen LogP contribution is -2.26. The summed E-state index contributed by atoms with van der Waals surface area (Å²) in [5.74, 6) is 0.735. The summed E-state index contributed by atoms with van der Waals surface area (Å²) >= 11 is 0. The minimum atomic E-state index is -0.411. The Bertz CT molecular complexity index is 614. The van der Waals surface area contributed by atoms with Crippen molar-refractivity contribution in [2.75, 3.05) is 18.0 Å². The summed E-state index contributed by atoms with van der Waals surface area (Å²) in [4.78, 5) is 19.9. The van der Waals surface area contributed by atoms with Crippen molar-refractivity contribution in [1.29, 1.82) is 0 Å². The fourth-order valence-electron chi connectivity index (χ4n) is 2.23. The summed E-state index contributed by atoms with van der Waals surface area (Å²) in [7, 11) is 0. The number of rotatable bonds is 2. The van der Waals surface area contributed by atoms with E-state index in [0.717, 1.165) is 31.0 Å². The van der Waals surface area contributed by atoms with E-state index in [0.29, 0.717) is 5.52 Å². The number of nitro benzene ring substituents is 1. The highest BCUT2D eigenvalue weighted by atomic mass is 35.5. The molecule has 0 saturated carbocycles. The number of imidazole rings is 1. The molecular formula is C11H14ClN5O2. The Kier molecular flexibility index (Phi) is 3.59. The highest BCUT2D eigenvalue weighted by Crippen LogP contribution is 2.23. The van der Waals surface area contributed by atoms with Crippen LogP contribution in [-0.4, -0.2) is 34.0 Å². The lowest BCUT2D eigenvalue weighted by Gasteiger charge is -2.13. The molecule has 1 atom stereocenters. The van der Waals surface area contributed by atoms with E-state index in [1.807, 2.05) is 0 Å². The Balaban J connectivity index is 0.00000133. The van der Waals surface area contributed by atoms with Gasteiger partial charge in [-0.25, -0.2) is 4.98 Å². The van der Waals surface area contributed by atoms with Crippen LogP contribution in [0.1, 0.15) is 6.42 Å². The van der Waals surface area contributed by atoms with E-state index < -0.39 is 4.92 Å². The first-order valence-corrected chi connectivity index (χ1v) is 5.78. The number of nitrogens with zero attached hydrogens (tertiary/aromatic N) is 3. The second kappa shape index (κ2) is 5.02. The van der Waals surface area contributed by atoms with Crippen LogP contribution in [0.4, 0.5) is 11.6 Å². The summed E-state index contributed by atoms with van der Waals surface area (Å²) in [5, 5.41) is 10.7. The predicted octanol–water partition coefficient (Wildman–Crippen LogP) is 1.43. The van der Waals surface area contributed by atoms with Crippen LogP contribution in [0.3, 0.4) is 0 Å². The first-order chi connectivity index (χ1) is 8.63. The molecular weight excluding hydrogens is 270 g/mol. The summed E-state index contributed by atoms with van der Waals surface area (Å²) in [6, 6.07) is 4.79. The van der Waals surface area contributed by atoms with E-state index in [1.165, 1.54) is 12.1 Å². The van der Waals surface area contributed by atoms with Gasteiger partial charge in [0, 0.05) is 31.3 Å². The molecule has 3 N–H and O–H groups in total. The molecule has 0 bridgehead atoms. The number of anilines is 1. The summed E-state index contributed by atoms with van der Waals surface area (Å²) in [6.07, 6.45) is 0.942. The number of hydrogen-bond acceptors (Lipinski definition) is 5. The second-order valence-corrected chi connectivity index (χ2v) is 4.51. The number of benzene rings is 1. The van der Waals surface area contributed by atoms with Crippen LogP contribution < -0.4 is 10.6 Å². The Labute approximate surface area is 115 Å². The van der Waals surface area contributed by atoms with Crippen molar-refractivity contribution in [3.8, 4) is 0 Å². The minimum absolute atomic E-state index is 0. The molecule has 1 aromatic carbocycles. The highest BCUT2D eigenvalue weighted by molar-refractivity contribution is 5.85. The van der Waals surface area contributed by atoms with Crippen LogP contribution in [0.2, 0.25) is 0 Å². The zero-order valence-corrected chi connectivity index (χ0v) is 10.9. The van der Waals surface area contributed by atoms with Crippen molar-refractivity contribution in [3.63, 3.8) is 0 Å². The first-order valence-electron chi connectivity index (χ1n) is 5.78. The number of H-pyrrole nitrogens is 1. The zero-order chi connectivity index (χ0) is 12.7. The van der Waals surface area contributed by atoms with Crippen molar-refractivity contribution < 1.29 is 4.92 Å². The SMILES string of the molecule is Cl.NC1CCN(c2nc3ccc([N+](=O)[O-])cc3[nH]2)C1. The molecule has 1 aliphatic rings. The van der Waals surface area contributed by atoms with Gasteiger partial charge in [0.05, 0.1) is 16.0 Å². The smallest absolute Gasteiger partial charge is 0.271 e. The van der Waals surface area contributed by atoms with Gasteiger partial charge in [0.1, 0.15) is 0 Å². The van der Waals surface area contributed by atoms with Gasteiger partial charge in [0.2, 0.25) is 5.95 Å². The largest absolute Gasteiger partial charge is 0.341 e. The number of nitro groups is 1. The molecule has 7 nitrogen and oxygen atoms in total. The third-order valence-electron chi connectivity index (χ3n) is 3.19. The van der Waals surface area contributed by atoms with Gasteiger partial charge in [-0.2, -0.15) is 0 Å². The molecule has 19 heavy (non-hydrogen) atoms. The van der Waals surface area contributed by atoms with Gasteiger partial charge in [-0.05, 0) is 12.5 Å². The zero-order valence-electron chi connectivity index (χ0n) is 10.1. The van der Waals surface area contributed by atoms with E-state index in [4.69, 9.17) is 5.73 Å². The Morgan fingerprint density at radius 3 is 2.95 bits per heavy atom. The van der Waals surface area contributed by atoms with E-state index >= 15 is 0 Å². The Morgan fingerprint density at radius 1 is 1.53 bits per heavy atom. The average molecular weight is 284 g/mol. The molecule has 1 unspecified atom stereocenters. The lowest BCUT2D eigenvalue weighted by molar-refractivity contribution is -0.384. The molecule has 3 rings (SSSR count). The molecule has 1 aliphatic heterocycles. The van der Waals surface area contributed by atoms with Crippen LogP contribution in [0.15, 0.2) is 18.2 Å². The summed E-state index contributed by atoms with van der Waals surface area (Å²) in [5.41, 5.74) is 7.33. The number of aromatic nitrogens is 2. The number of hydrogen-bond donors (Lipinski definition) is 2. The van der Waals surface area contributed by atoms with E-state index in [1.54, 1.807) is 6.07 Å².